The molecule has 2 aromatic carbocycles. The first-order valence-electron chi connectivity index (χ1n) is 7.21. The van der Waals surface area contributed by atoms with Gasteiger partial charge in [0.1, 0.15) is 24.2 Å². The van der Waals surface area contributed by atoms with Crippen LogP contribution in [0.3, 0.4) is 0 Å². The van der Waals surface area contributed by atoms with E-state index in [1.807, 2.05) is 50.2 Å². The highest BCUT2D eigenvalue weighted by atomic mass is 16.5. The monoisotopic (exact) mass is 289 g/mol. The molecule has 0 saturated carbocycles. The highest BCUT2D eigenvalue weighted by Gasteiger charge is 2.09. The minimum atomic E-state index is -0.534. The van der Waals surface area contributed by atoms with Crippen molar-refractivity contribution >= 4 is 10.8 Å². The Kier molecular flexibility index (Phi) is 5.42. The average molecular weight is 289 g/mol. The van der Waals surface area contributed by atoms with Gasteiger partial charge < -0.3 is 19.9 Å². The zero-order chi connectivity index (χ0) is 15.2. The number of hydrogen-bond donors (Lipinski definition) is 2. The van der Waals surface area contributed by atoms with E-state index in [1.54, 1.807) is 7.11 Å². The Morgan fingerprint density at radius 3 is 2.29 bits per heavy atom. The molecule has 0 radical (unpaired) electrons. The van der Waals surface area contributed by atoms with Gasteiger partial charge in [0.05, 0.1) is 7.11 Å². The molecule has 0 aromatic heterocycles. The number of methoxy groups -OCH3 is 1. The van der Waals surface area contributed by atoms with Crippen molar-refractivity contribution in [3.63, 3.8) is 0 Å². The van der Waals surface area contributed by atoms with Gasteiger partial charge in [0.25, 0.3) is 0 Å². The summed E-state index contributed by atoms with van der Waals surface area (Å²) >= 11 is 0. The molecule has 0 aliphatic rings. The second-order valence-corrected chi connectivity index (χ2v) is 5.34. The lowest BCUT2D eigenvalue weighted by Gasteiger charge is -2.16. The van der Waals surface area contributed by atoms with Crippen LogP contribution in [0.15, 0.2) is 36.4 Å². The minimum Gasteiger partial charge on any atom is -0.496 e. The van der Waals surface area contributed by atoms with Gasteiger partial charge in [-0.2, -0.15) is 0 Å². The fourth-order valence-electron chi connectivity index (χ4n) is 2.17. The lowest BCUT2D eigenvalue weighted by atomic mass is 10.1. The first-order valence-corrected chi connectivity index (χ1v) is 7.21. The van der Waals surface area contributed by atoms with Crippen LogP contribution in [0.1, 0.15) is 13.8 Å². The number of aliphatic hydroxyl groups excluding tert-OH is 1. The first-order chi connectivity index (χ1) is 10.1. The van der Waals surface area contributed by atoms with E-state index in [4.69, 9.17) is 9.47 Å². The molecule has 0 aliphatic heterocycles. The van der Waals surface area contributed by atoms with Crippen molar-refractivity contribution in [2.75, 3.05) is 20.3 Å². The summed E-state index contributed by atoms with van der Waals surface area (Å²) in [5.74, 6) is 1.58. The number of nitrogens with one attached hydrogen (secondary N) is 1. The van der Waals surface area contributed by atoms with Crippen molar-refractivity contribution in [1.82, 2.24) is 5.32 Å². The first kappa shape index (κ1) is 15.6. The molecule has 0 spiro atoms. The van der Waals surface area contributed by atoms with Crippen LogP contribution in [0.25, 0.3) is 10.8 Å². The van der Waals surface area contributed by atoms with E-state index >= 15 is 0 Å². The van der Waals surface area contributed by atoms with Gasteiger partial charge in [-0.3, -0.25) is 0 Å². The van der Waals surface area contributed by atoms with Crippen molar-refractivity contribution in [2.24, 2.45) is 0 Å². The molecule has 21 heavy (non-hydrogen) atoms. The standard InChI is InChI=1S/C17H23NO3/c1-12(2)18-10-13(19)11-21-17-9-5-6-14-15(17)7-4-8-16(14)20-3/h4-9,12-13,18-19H,10-11H2,1-3H3/t13-/m0/s1. The molecule has 2 N–H and O–H groups in total. The summed E-state index contributed by atoms with van der Waals surface area (Å²) in [4.78, 5) is 0. The minimum absolute atomic E-state index is 0.260. The largest absolute Gasteiger partial charge is 0.496 e. The molecule has 0 amide bonds. The van der Waals surface area contributed by atoms with Crippen LogP contribution in [0.2, 0.25) is 0 Å². The van der Waals surface area contributed by atoms with Crippen molar-refractivity contribution in [3.05, 3.63) is 36.4 Å². The normalized spacial score (nSPS) is 12.6. The molecule has 2 aromatic rings. The van der Waals surface area contributed by atoms with Crippen LogP contribution in [0, 0.1) is 0 Å². The Balaban J connectivity index is 2.09. The second kappa shape index (κ2) is 7.29. The average Bonchev–Trinajstić information content (AvgIpc) is 2.50. The van der Waals surface area contributed by atoms with Gasteiger partial charge in [-0.15, -0.1) is 0 Å². The number of aliphatic hydroxyl groups is 1. The summed E-state index contributed by atoms with van der Waals surface area (Å²) in [6.45, 7) is 4.87. The van der Waals surface area contributed by atoms with Crippen LogP contribution in [0.4, 0.5) is 0 Å². The van der Waals surface area contributed by atoms with Crippen molar-refractivity contribution < 1.29 is 14.6 Å². The van der Waals surface area contributed by atoms with Crippen LogP contribution >= 0.6 is 0 Å². The lowest BCUT2D eigenvalue weighted by molar-refractivity contribution is 0.105. The summed E-state index contributed by atoms with van der Waals surface area (Å²) in [5, 5.41) is 15.1. The smallest absolute Gasteiger partial charge is 0.127 e. The predicted octanol–water partition coefficient (Wildman–Crippen LogP) is 2.59. The summed E-state index contributed by atoms with van der Waals surface area (Å²) in [5.41, 5.74) is 0. The van der Waals surface area contributed by atoms with Crippen LogP contribution in [-0.4, -0.2) is 37.5 Å². The summed E-state index contributed by atoms with van der Waals surface area (Å²) in [6, 6.07) is 12.0. The molecule has 114 valence electrons. The zero-order valence-electron chi connectivity index (χ0n) is 12.8. The number of hydrogen-bond acceptors (Lipinski definition) is 4. The topological polar surface area (TPSA) is 50.7 Å². The fraction of sp³-hybridized carbons (Fsp3) is 0.412. The molecule has 1 atom stereocenters. The summed E-state index contributed by atoms with van der Waals surface area (Å²) in [6.07, 6.45) is -0.534. The molecule has 0 aliphatic carbocycles. The maximum atomic E-state index is 9.92. The van der Waals surface area contributed by atoms with E-state index < -0.39 is 6.10 Å². The quantitative estimate of drug-likeness (QED) is 0.822. The van der Waals surface area contributed by atoms with E-state index in [-0.39, 0.29) is 6.61 Å². The molecular formula is C17H23NO3. The van der Waals surface area contributed by atoms with Gasteiger partial charge in [-0.05, 0) is 12.1 Å². The molecule has 0 unspecified atom stereocenters. The molecule has 0 heterocycles. The van der Waals surface area contributed by atoms with E-state index in [0.29, 0.717) is 12.6 Å². The lowest BCUT2D eigenvalue weighted by Crippen LogP contribution is -2.35. The van der Waals surface area contributed by atoms with Crippen LogP contribution in [0.5, 0.6) is 11.5 Å². The Hall–Kier alpha value is -1.78. The maximum Gasteiger partial charge on any atom is 0.127 e. The molecule has 4 heteroatoms. The second-order valence-electron chi connectivity index (χ2n) is 5.34. The van der Waals surface area contributed by atoms with Crippen molar-refractivity contribution in [2.45, 2.75) is 26.0 Å². The Morgan fingerprint density at radius 2 is 1.67 bits per heavy atom. The number of rotatable bonds is 7. The third-order valence-electron chi connectivity index (χ3n) is 3.25. The van der Waals surface area contributed by atoms with Crippen molar-refractivity contribution in [1.29, 1.82) is 0 Å². The predicted molar refractivity (Wildman–Crippen MR) is 85.1 cm³/mol. The Morgan fingerprint density at radius 1 is 1.05 bits per heavy atom. The summed E-state index contributed by atoms with van der Waals surface area (Å²) in [7, 11) is 1.66. The van der Waals surface area contributed by atoms with E-state index in [0.717, 1.165) is 22.3 Å². The van der Waals surface area contributed by atoms with E-state index in [9.17, 15) is 5.11 Å². The van der Waals surface area contributed by atoms with Gasteiger partial charge >= 0.3 is 0 Å². The molecule has 2 rings (SSSR count). The third kappa shape index (κ3) is 4.09. The summed E-state index contributed by atoms with van der Waals surface area (Å²) < 4.78 is 11.1. The van der Waals surface area contributed by atoms with Crippen LogP contribution in [-0.2, 0) is 0 Å². The van der Waals surface area contributed by atoms with Gasteiger partial charge in [-0.25, -0.2) is 0 Å². The van der Waals surface area contributed by atoms with Crippen LogP contribution < -0.4 is 14.8 Å². The number of benzene rings is 2. The molecular weight excluding hydrogens is 266 g/mol. The molecule has 0 saturated heterocycles. The van der Waals surface area contributed by atoms with E-state index in [2.05, 4.69) is 5.32 Å². The van der Waals surface area contributed by atoms with Gasteiger partial charge in [-0.1, -0.05) is 38.1 Å². The van der Waals surface area contributed by atoms with Gasteiger partial charge in [0.15, 0.2) is 0 Å². The zero-order valence-corrected chi connectivity index (χ0v) is 12.8. The fourth-order valence-corrected chi connectivity index (χ4v) is 2.17. The number of fused-ring (bicyclic) bond motifs is 1. The number of ether oxygens (including phenoxy) is 2. The Labute approximate surface area is 125 Å². The molecule has 0 fully saturated rings. The maximum absolute atomic E-state index is 9.92. The highest BCUT2D eigenvalue weighted by Crippen LogP contribution is 2.31. The highest BCUT2D eigenvalue weighted by molar-refractivity contribution is 5.93. The van der Waals surface area contributed by atoms with Gasteiger partial charge in [0, 0.05) is 23.4 Å². The Bertz CT molecular complexity index is 583. The third-order valence-corrected chi connectivity index (χ3v) is 3.25. The van der Waals surface area contributed by atoms with Crippen molar-refractivity contribution in [3.8, 4) is 11.5 Å². The molecule has 0 bridgehead atoms. The SMILES string of the molecule is COc1cccc2c(OC[C@@H](O)CNC(C)C)cccc12. The van der Waals surface area contributed by atoms with Gasteiger partial charge in [0.2, 0.25) is 0 Å². The van der Waals surface area contributed by atoms with E-state index in [1.165, 1.54) is 0 Å². The molecule has 4 nitrogen and oxygen atoms in total.